The van der Waals surface area contributed by atoms with Crippen molar-refractivity contribution in [2.24, 2.45) is 5.92 Å². The number of piperidine rings is 1. The van der Waals surface area contributed by atoms with Gasteiger partial charge in [0.15, 0.2) is 0 Å². The van der Waals surface area contributed by atoms with Crippen LogP contribution in [-0.4, -0.2) is 40.4 Å². The Morgan fingerprint density at radius 2 is 2.06 bits per heavy atom. The Labute approximate surface area is 110 Å². The van der Waals surface area contributed by atoms with Gasteiger partial charge in [-0.3, -0.25) is 0 Å². The maximum Gasteiger partial charge on any atom is 0.410 e. The molecule has 0 aromatic heterocycles. The van der Waals surface area contributed by atoms with Crippen LogP contribution in [0.25, 0.3) is 0 Å². The average molecular weight is 257 g/mol. The predicted octanol–water partition coefficient (Wildman–Crippen LogP) is 2.79. The first kappa shape index (κ1) is 15.3. The van der Waals surface area contributed by atoms with Gasteiger partial charge in [0, 0.05) is 18.7 Å². The van der Waals surface area contributed by atoms with Crippen LogP contribution < -0.4 is 0 Å². The van der Waals surface area contributed by atoms with Gasteiger partial charge >= 0.3 is 6.09 Å². The summed E-state index contributed by atoms with van der Waals surface area (Å²) in [5.74, 6) is 0.503. The molecule has 106 valence electrons. The van der Waals surface area contributed by atoms with Gasteiger partial charge in [-0.25, -0.2) is 4.79 Å². The highest BCUT2D eigenvalue weighted by Gasteiger charge is 2.39. The zero-order valence-corrected chi connectivity index (χ0v) is 12.3. The van der Waals surface area contributed by atoms with E-state index >= 15 is 0 Å². The number of carbonyl (C=O) groups is 1. The first-order valence-corrected chi connectivity index (χ1v) is 6.77. The van der Waals surface area contributed by atoms with Crippen LogP contribution >= 0.6 is 0 Å². The van der Waals surface area contributed by atoms with Crippen molar-refractivity contribution >= 4 is 6.09 Å². The second kappa shape index (κ2) is 5.47. The molecule has 1 amide bonds. The standard InChI is InChI=1S/C14H27NO3/c1-13(2,3)18-12(17)15-8-6-11(7-9-16)10-14(15,4)5/h11,16H,6-10H2,1-5H3/t11-/m0/s1. The average Bonchev–Trinajstić information content (AvgIpc) is 2.13. The van der Waals surface area contributed by atoms with Crippen molar-refractivity contribution in [3.05, 3.63) is 0 Å². The molecule has 0 aromatic carbocycles. The number of carbonyl (C=O) groups excluding carboxylic acids is 1. The minimum absolute atomic E-state index is 0.194. The monoisotopic (exact) mass is 257 g/mol. The smallest absolute Gasteiger partial charge is 0.410 e. The predicted molar refractivity (Wildman–Crippen MR) is 71.4 cm³/mol. The first-order valence-electron chi connectivity index (χ1n) is 6.77. The van der Waals surface area contributed by atoms with Gasteiger partial charge < -0.3 is 14.7 Å². The van der Waals surface area contributed by atoms with Crippen LogP contribution in [-0.2, 0) is 4.74 Å². The molecule has 0 spiro atoms. The third-order valence-electron chi connectivity index (χ3n) is 3.43. The minimum Gasteiger partial charge on any atom is -0.444 e. The summed E-state index contributed by atoms with van der Waals surface area (Å²) in [5, 5.41) is 9.01. The number of nitrogens with zero attached hydrogens (tertiary/aromatic N) is 1. The molecule has 0 unspecified atom stereocenters. The summed E-state index contributed by atoms with van der Waals surface area (Å²) in [7, 11) is 0. The van der Waals surface area contributed by atoms with Gasteiger partial charge in [-0.2, -0.15) is 0 Å². The molecular formula is C14H27NO3. The van der Waals surface area contributed by atoms with Crippen molar-refractivity contribution < 1.29 is 14.6 Å². The van der Waals surface area contributed by atoms with Crippen molar-refractivity contribution in [3.63, 3.8) is 0 Å². The number of aliphatic hydroxyl groups is 1. The summed E-state index contributed by atoms with van der Waals surface area (Å²) in [6.07, 6.45) is 2.47. The lowest BCUT2D eigenvalue weighted by Crippen LogP contribution is -2.54. The molecule has 1 fully saturated rings. The van der Waals surface area contributed by atoms with Gasteiger partial charge in [0.2, 0.25) is 0 Å². The molecule has 1 saturated heterocycles. The molecule has 4 heteroatoms. The van der Waals surface area contributed by atoms with Crippen molar-refractivity contribution in [1.82, 2.24) is 4.90 Å². The van der Waals surface area contributed by atoms with E-state index in [9.17, 15) is 4.79 Å². The quantitative estimate of drug-likeness (QED) is 0.827. The highest BCUT2D eigenvalue weighted by Crippen LogP contribution is 2.34. The Balaban J connectivity index is 2.65. The van der Waals surface area contributed by atoms with Gasteiger partial charge in [-0.1, -0.05) is 0 Å². The molecule has 0 saturated carbocycles. The molecular weight excluding hydrogens is 230 g/mol. The maximum absolute atomic E-state index is 12.1. The van der Waals surface area contributed by atoms with Crippen molar-refractivity contribution in [1.29, 1.82) is 0 Å². The fourth-order valence-electron chi connectivity index (χ4n) is 2.62. The van der Waals surface area contributed by atoms with Crippen molar-refractivity contribution in [2.45, 2.75) is 65.0 Å². The van der Waals surface area contributed by atoms with Gasteiger partial charge in [0.1, 0.15) is 5.60 Å². The molecule has 4 nitrogen and oxygen atoms in total. The SMILES string of the molecule is CC(C)(C)OC(=O)N1CC[C@@H](CCO)CC1(C)C. The number of likely N-dealkylation sites (tertiary alicyclic amines) is 1. The number of ether oxygens (including phenoxy) is 1. The first-order chi connectivity index (χ1) is 8.15. The fourth-order valence-corrected chi connectivity index (χ4v) is 2.62. The Bertz CT molecular complexity index is 294. The van der Waals surface area contributed by atoms with Gasteiger partial charge in [-0.15, -0.1) is 0 Å². The third-order valence-corrected chi connectivity index (χ3v) is 3.43. The second-order valence-corrected chi connectivity index (χ2v) is 6.82. The number of hydrogen-bond donors (Lipinski definition) is 1. The largest absolute Gasteiger partial charge is 0.444 e. The van der Waals surface area contributed by atoms with Crippen LogP contribution in [0.4, 0.5) is 4.79 Å². The van der Waals surface area contributed by atoms with E-state index in [2.05, 4.69) is 13.8 Å². The van der Waals surface area contributed by atoms with E-state index in [4.69, 9.17) is 9.84 Å². The summed E-state index contributed by atoms with van der Waals surface area (Å²) in [6, 6.07) is 0. The second-order valence-electron chi connectivity index (χ2n) is 6.82. The summed E-state index contributed by atoms with van der Waals surface area (Å²) < 4.78 is 5.45. The molecule has 1 atom stereocenters. The highest BCUT2D eigenvalue weighted by atomic mass is 16.6. The van der Waals surface area contributed by atoms with E-state index in [-0.39, 0.29) is 18.2 Å². The topological polar surface area (TPSA) is 49.8 Å². The van der Waals surface area contributed by atoms with E-state index in [0.717, 1.165) is 19.3 Å². The van der Waals surface area contributed by atoms with Crippen LogP contribution in [0.2, 0.25) is 0 Å². The number of amides is 1. The highest BCUT2D eigenvalue weighted by molar-refractivity contribution is 5.69. The minimum atomic E-state index is -0.449. The molecule has 1 N–H and O–H groups in total. The van der Waals surface area contributed by atoms with E-state index in [1.54, 1.807) is 0 Å². The molecule has 1 heterocycles. The molecule has 18 heavy (non-hydrogen) atoms. The summed E-state index contributed by atoms with van der Waals surface area (Å²) in [4.78, 5) is 14.0. The molecule has 0 aromatic rings. The van der Waals surface area contributed by atoms with E-state index in [1.165, 1.54) is 0 Å². The van der Waals surface area contributed by atoms with Crippen molar-refractivity contribution in [2.75, 3.05) is 13.2 Å². The molecule has 1 aliphatic rings. The van der Waals surface area contributed by atoms with Gasteiger partial charge in [-0.05, 0) is 59.8 Å². The molecule has 0 radical (unpaired) electrons. The Kier molecular flexibility index (Phi) is 4.65. The number of rotatable bonds is 2. The molecule has 0 bridgehead atoms. The normalized spacial score (nSPS) is 23.9. The lowest BCUT2D eigenvalue weighted by atomic mass is 9.81. The van der Waals surface area contributed by atoms with E-state index in [0.29, 0.717) is 12.5 Å². The third kappa shape index (κ3) is 4.16. The summed E-state index contributed by atoms with van der Waals surface area (Å²) in [5.41, 5.74) is -0.643. The van der Waals surface area contributed by atoms with Crippen LogP contribution in [0.3, 0.4) is 0 Å². The van der Waals surface area contributed by atoms with E-state index in [1.807, 2.05) is 25.7 Å². The van der Waals surface area contributed by atoms with Crippen LogP contribution in [0.5, 0.6) is 0 Å². The maximum atomic E-state index is 12.1. The lowest BCUT2D eigenvalue weighted by Gasteiger charge is -2.45. The summed E-state index contributed by atoms with van der Waals surface area (Å²) >= 11 is 0. The lowest BCUT2D eigenvalue weighted by molar-refractivity contribution is -0.0164. The van der Waals surface area contributed by atoms with Crippen LogP contribution in [0.1, 0.15) is 53.9 Å². The van der Waals surface area contributed by atoms with Crippen LogP contribution in [0, 0.1) is 5.92 Å². The number of hydrogen-bond acceptors (Lipinski definition) is 3. The van der Waals surface area contributed by atoms with Gasteiger partial charge in [0.25, 0.3) is 0 Å². The summed E-state index contributed by atoms with van der Waals surface area (Å²) in [6.45, 7) is 10.7. The molecule has 1 rings (SSSR count). The van der Waals surface area contributed by atoms with Crippen molar-refractivity contribution in [3.8, 4) is 0 Å². The Hall–Kier alpha value is -0.770. The fraction of sp³-hybridized carbons (Fsp3) is 0.929. The molecule has 1 aliphatic heterocycles. The van der Waals surface area contributed by atoms with Crippen LogP contribution in [0.15, 0.2) is 0 Å². The Morgan fingerprint density at radius 3 is 2.50 bits per heavy atom. The molecule has 0 aliphatic carbocycles. The Morgan fingerprint density at radius 1 is 1.44 bits per heavy atom. The van der Waals surface area contributed by atoms with E-state index < -0.39 is 5.60 Å². The number of aliphatic hydroxyl groups excluding tert-OH is 1. The van der Waals surface area contributed by atoms with Gasteiger partial charge in [0.05, 0.1) is 0 Å². The zero-order valence-electron chi connectivity index (χ0n) is 12.3. The zero-order chi connectivity index (χ0) is 14.0.